The van der Waals surface area contributed by atoms with Gasteiger partial charge in [-0.1, -0.05) is 109 Å². The van der Waals surface area contributed by atoms with Crippen molar-refractivity contribution in [1.82, 2.24) is 0 Å². The molecule has 0 amide bonds. The van der Waals surface area contributed by atoms with Gasteiger partial charge in [0.15, 0.2) is 6.20 Å². The van der Waals surface area contributed by atoms with Crippen LogP contribution in [0.5, 0.6) is 0 Å². The molecule has 0 fully saturated rings. The third-order valence-corrected chi connectivity index (χ3v) is 7.23. The van der Waals surface area contributed by atoms with Gasteiger partial charge in [-0.25, -0.2) is 0 Å². The van der Waals surface area contributed by atoms with E-state index in [1.54, 1.807) is 0 Å². The highest BCUT2D eigenvalue weighted by atomic mass is 127. The van der Waals surface area contributed by atoms with Crippen LogP contribution in [0, 0.1) is 0 Å². The van der Waals surface area contributed by atoms with E-state index in [0.29, 0.717) is 0 Å². The number of aryl methyl sites for hydroxylation is 1. The van der Waals surface area contributed by atoms with Gasteiger partial charge in [-0.3, -0.25) is 0 Å². The minimum Gasteiger partial charge on any atom is -1.00 e. The third-order valence-electron chi connectivity index (χ3n) is 7.23. The van der Waals surface area contributed by atoms with Crippen molar-refractivity contribution in [2.24, 2.45) is 0 Å². The number of hydrogen-bond donors (Lipinski definition) is 0. The molecule has 2 nitrogen and oxygen atoms in total. The first kappa shape index (κ1) is 32.7. The Labute approximate surface area is 240 Å². The summed E-state index contributed by atoms with van der Waals surface area (Å²) in [6, 6.07) is 13.3. The van der Waals surface area contributed by atoms with Crippen LogP contribution in [-0.4, -0.2) is 14.1 Å². The van der Waals surface area contributed by atoms with E-state index in [1.807, 2.05) is 6.08 Å². The third kappa shape index (κ3) is 13.3. The van der Waals surface area contributed by atoms with Crippen LogP contribution < -0.4 is 33.4 Å². The summed E-state index contributed by atoms with van der Waals surface area (Å²) < 4.78 is 2.42. The van der Waals surface area contributed by atoms with E-state index in [2.05, 4.69) is 79.7 Å². The van der Waals surface area contributed by atoms with Crippen molar-refractivity contribution in [3.8, 4) is 11.3 Å². The largest absolute Gasteiger partial charge is 1.00 e. The van der Waals surface area contributed by atoms with Crippen LogP contribution in [0.25, 0.3) is 17.3 Å². The number of benzene rings is 1. The van der Waals surface area contributed by atoms with Crippen molar-refractivity contribution >= 4 is 11.8 Å². The predicted octanol–water partition coefficient (Wildman–Crippen LogP) is 6.62. The SMILES string of the molecule is C=Cc1cc[n+](CCCCCCCCCCCCCCCCCC)c(-c2ccc(N(C)C)cc2)c1.[I-]. The molecular formula is C33H53IN2. The molecule has 0 radical (unpaired) electrons. The second-order valence-electron chi connectivity index (χ2n) is 10.5. The maximum atomic E-state index is 3.96. The van der Waals surface area contributed by atoms with Crippen LogP contribution in [0.3, 0.4) is 0 Å². The van der Waals surface area contributed by atoms with E-state index < -0.39 is 0 Å². The summed E-state index contributed by atoms with van der Waals surface area (Å²) in [6.07, 6.45) is 26.8. The number of hydrogen-bond acceptors (Lipinski definition) is 1. The lowest BCUT2D eigenvalue weighted by atomic mass is 10.0. The maximum absolute atomic E-state index is 3.96. The van der Waals surface area contributed by atoms with Gasteiger partial charge in [0.05, 0.1) is 0 Å². The molecule has 3 heteroatoms. The van der Waals surface area contributed by atoms with E-state index in [-0.39, 0.29) is 24.0 Å². The second kappa shape index (κ2) is 20.7. The summed E-state index contributed by atoms with van der Waals surface area (Å²) in [6.45, 7) is 7.35. The zero-order valence-corrected chi connectivity index (χ0v) is 25.8. The van der Waals surface area contributed by atoms with Crippen molar-refractivity contribution in [1.29, 1.82) is 0 Å². The average molecular weight is 605 g/mol. The summed E-state index contributed by atoms with van der Waals surface area (Å²) >= 11 is 0. The van der Waals surface area contributed by atoms with Crippen molar-refractivity contribution in [2.45, 2.75) is 116 Å². The quantitative estimate of drug-likeness (QED) is 0.0937. The van der Waals surface area contributed by atoms with Gasteiger partial charge in [-0.15, -0.1) is 0 Å². The number of unbranched alkanes of at least 4 members (excludes halogenated alkanes) is 15. The summed E-state index contributed by atoms with van der Waals surface area (Å²) in [5.41, 5.74) is 4.97. The summed E-state index contributed by atoms with van der Waals surface area (Å²) in [4.78, 5) is 2.15. The van der Waals surface area contributed by atoms with Crippen LogP contribution >= 0.6 is 0 Å². The lowest BCUT2D eigenvalue weighted by Crippen LogP contribution is -3.00. The van der Waals surface area contributed by atoms with E-state index >= 15 is 0 Å². The molecular weight excluding hydrogens is 551 g/mol. The summed E-state index contributed by atoms with van der Waals surface area (Å²) in [7, 11) is 4.18. The number of pyridine rings is 1. The average Bonchev–Trinajstić information content (AvgIpc) is 2.88. The highest BCUT2D eigenvalue weighted by Crippen LogP contribution is 2.21. The van der Waals surface area contributed by atoms with Crippen molar-refractivity contribution in [3.63, 3.8) is 0 Å². The molecule has 1 heterocycles. The van der Waals surface area contributed by atoms with E-state index in [1.165, 1.54) is 125 Å². The predicted molar refractivity (Wildman–Crippen MR) is 156 cm³/mol. The Balaban J connectivity index is 0.00000648. The van der Waals surface area contributed by atoms with Gasteiger partial charge in [0.25, 0.3) is 0 Å². The van der Waals surface area contributed by atoms with Crippen LogP contribution in [-0.2, 0) is 6.54 Å². The Hall–Kier alpha value is -1.36. The van der Waals surface area contributed by atoms with Gasteiger partial charge >= 0.3 is 0 Å². The molecule has 202 valence electrons. The molecule has 0 aliphatic carbocycles. The van der Waals surface area contributed by atoms with Gasteiger partial charge in [0.2, 0.25) is 5.69 Å². The Bertz CT molecular complexity index is 813. The van der Waals surface area contributed by atoms with Crippen LogP contribution in [0.4, 0.5) is 5.69 Å². The van der Waals surface area contributed by atoms with Crippen LogP contribution in [0.1, 0.15) is 115 Å². The molecule has 1 aromatic carbocycles. The van der Waals surface area contributed by atoms with Crippen molar-refractivity contribution < 1.29 is 28.5 Å². The second-order valence-corrected chi connectivity index (χ2v) is 10.5. The Morgan fingerprint density at radius 1 is 0.694 bits per heavy atom. The maximum Gasteiger partial charge on any atom is 0.213 e. The van der Waals surface area contributed by atoms with Gasteiger partial charge in [0, 0.05) is 43.9 Å². The topological polar surface area (TPSA) is 7.12 Å². The van der Waals surface area contributed by atoms with Crippen LogP contribution in [0.2, 0.25) is 0 Å². The molecule has 0 spiro atoms. The molecule has 0 saturated carbocycles. The minimum absolute atomic E-state index is 0. The van der Waals surface area contributed by atoms with Crippen molar-refractivity contribution in [3.05, 3.63) is 54.7 Å². The van der Waals surface area contributed by atoms with Gasteiger partial charge in [0.1, 0.15) is 6.54 Å². The molecule has 0 unspecified atom stereocenters. The Morgan fingerprint density at radius 3 is 1.61 bits per heavy atom. The highest BCUT2D eigenvalue weighted by Gasteiger charge is 2.13. The Kier molecular flexibility index (Phi) is 18.8. The molecule has 0 saturated heterocycles. The molecule has 1 aromatic heterocycles. The standard InChI is InChI=1S/C33H53N2.HI/c1-5-7-8-9-10-11-12-13-14-15-16-17-18-19-20-21-27-35-28-26-30(6-2)29-33(35)31-22-24-32(25-23-31)34(3)4;/h6,22-26,28-29H,2,5,7-21,27H2,1,3-4H3;1H/q+1;/p-1. The highest BCUT2D eigenvalue weighted by molar-refractivity contribution is 5.63. The van der Waals surface area contributed by atoms with Gasteiger partial charge < -0.3 is 28.9 Å². The molecule has 0 aliphatic heterocycles. The lowest BCUT2D eigenvalue weighted by molar-refractivity contribution is -0.686. The van der Waals surface area contributed by atoms with E-state index in [4.69, 9.17) is 0 Å². The molecule has 0 aliphatic rings. The number of aromatic nitrogens is 1. The smallest absolute Gasteiger partial charge is 0.213 e. The minimum atomic E-state index is 0. The zero-order chi connectivity index (χ0) is 25.1. The summed E-state index contributed by atoms with van der Waals surface area (Å²) in [5, 5.41) is 0. The normalized spacial score (nSPS) is 10.8. The number of anilines is 1. The number of rotatable bonds is 20. The first-order chi connectivity index (χ1) is 17.2. The van der Waals surface area contributed by atoms with Gasteiger partial charge in [-0.2, -0.15) is 4.57 Å². The monoisotopic (exact) mass is 604 g/mol. The number of halogens is 1. The van der Waals surface area contributed by atoms with Gasteiger partial charge in [-0.05, 0) is 36.2 Å². The molecule has 0 atom stereocenters. The van der Waals surface area contributed by atoms with E-state index in [9.17, 15) is 0 Å². The first-order valence-electron chi connectivity index (χ1n) is 14.6. The first-order valence-corrected chi connectivity index (χ1v) is 14.6. The van der Waals surface area contributed by atoms with Crippen molar-refractivity contribution in [2.75, 3.05) is 19.0 Å². The fourth-order valence-electron chi connectivity index (χ4n) is 4.88. The van der Waals surface area contributed by atoms with E-state index in [0.717, 1.165) is 6.54 Å². The molecule has 0 bridgehead atoms. The van der Waals surface area contributed by atoms with Crippen LogP contribution in [0.15, 0.2) is 49.2 Å². The zero-order valence-electron chi connectivity index (χ0n) is 23.6. The fraction of sp³-hybridized carbons (Fsp3) is 0.606. The Morgan fingerprint density at radius 2 is 1.17 bits per heavy atom. The number of nitrogens with zero attached hydrogens (tertiary/aromatic N) is 2. The molecule has 2 aromatic rings. The summed E-state index contributed by atoms with van der Waals surface area (Å²) in [5.74, 6) is 0. The molecule has 0 N–H and O–H groups in total. The fourth-order valence-corrected chi connectivity index (χ4v) is 4.88. The lowest BCUT2D eigenvalue weighted by Gasteiger charge is -2.12. The molecule has 36 heavy (non-hydrogen) atoms. The molecule has 2 rings (SSSR count).